The number of hydrogen-bond donors (Lipinski definition) is 2. The van der Waals surface area contributed by atoms with Gasteiger partial charge in [0.15, 0.2) is 0 Å². The van der Waals surface area contributed by atoms with Gasteiger partial charge in [-0.2, -0.15) is 0 Å². The summed E-state index contributed by atoms with van der Waals surface area (Å²) in [5.41, 5.74) is 0.204. The highest BCUT2D eigenvalue weighted by molar-refractivity contribution is 5.85. The molecule has 0 aromatic carbocycles. The van der Waals surface area contributed by atoms with E-state index in [1.807, 2.05) is 0 Å². The van der Waals surface area contributed by atoms with Crippen molar-refractivity contribution in [2.24, 2.45) is 7.05 Å². The van der Waals surface area contributed by atoms with Gasteiger partial charge in [0.05, 0.1) is 12.5 Å². The molecule has 8 nitrogen and oxygen atoms in total. The summed E-state index contributed by atoms with van der Waals surface area (Å²) in [5.74, 6) is -0.949. The number of carboxylic acids is 1. The largest absolute Gasteiger partial charge is 0.477 e. The lowest BCUT2D eigenvalue weighted by Crippen LogP contribution is -2.02. The maximum atomic E-state index is 10.2. The standard InChI is InChI=1S/C5H6N2O2.HNO3/c1-7-3-6-2-4(7)5(8)9;2-1(3)4/h2-3H,1H3,(H,8,9);(H,2,3,4). The Balaban J connectivity index is 0.000000310. The van der Waals surface area contributed by atoms with Crippen molar-refractivity contribution in [1.29, 1.82) is 0 Å². The lowest BCUT2D eigenvalue weighted by molar-refractivity contribution is -0.742. The van der Waals surface area contributed by atoms with E-state index in [2.05, 4.69) is 4.98 Å². The molecule has 0 fully saturated rings. The molecular formula is C5H7N3O5. The smallest absolute Gasteiger partial charge is 0.354 e. The Kier molecular flexibility index (Phi) is 3.93. The van der Waals surface area contributed by atoms with Crippen LogP contribution in [0.3, 0.4) is 0 Å². The van der Waals surface area contributed by atoms with Gasteiger partial charge in [-0.15, -0.1) is 10.1 Å². The molecule has 0 unspecified atom stereocenters. The minimum Gasteiger partial charge on any atom is -0.477 e. The number of carboxylic acid groups (broad SMARTS) is 1. The van der Waals surface area contributed by atoms with E-state index in [1.165, 1.54) is 17.1 Å². The number of aryl methyl sites for hydroxylation is 1. The topological polar surface area (TPSA) is 118 Å². The van der Waals surface area contributed by atoms with Crippen LogP contribution in [0.25, 0.3) is 0 Å². The van der Waals surface area contributed by atoms with Crippen LogP contribution >= 0.6 is 0 Å². The summed E-state index contributed by atoms with van der Waals surface area (Å²) in [6, 6.07) is 0. The molecule has 0 spiro atoms. The highest BCUT2D eigenvalue weighted by Gasteiger charge is 2.04. The fourth-order valence-corrected chi connectivity index (χ4v) is 0.563. The highest BCUT2D eigenvalue weighted by Crippen LogP contribution is 1.93. The van der Waals surface area contributed by atoms with Crippen LogP contribution in [-0.4, -0.2) is 30.9 Å². The molecule has 0 aliphatic rings. The van der Waals surface area contributed by atoms with Crippen molar-refractivity contribution in [2.75, 3.05) is 0 Å². The molecule has 1 aromatic heterocycles. The zero-order chi connectivity index (χ0) is 10.4. The Labute approximate surface area is 72.2 Å². The summed E-state index contributed by atoms with van der Waals surface area (Å²) in [6.07, 6.45) is 2.76. The Bertz CT molecular complexity index is 303. The van der Waals surface area contributed by atoms with Crippen molar-refractivity contribution < 1.29 is 20.2 Å². The molecule has 1 heterocycles. The molecule has 0 aliphatic heterocycles. The van der Waals surface area contributed by atoms with Crippen LogP contribution in [0.1, 0.15) is 10.5 Å². The van der Waals surface area contributed by atoms with E-state index in [1.54, 1.807) is 7.05 Å². The van der Waals surface area contributed by atoms with Crippen LogP contribution < -0.4 is 0 Å². The fraction of sp³-hybridized carbons (Fsp3) is 0.200. The third-order valence-corrected chi connectivity index (χ3v) is 1.04. The average Bonchev–Trinajstić information content (AvgIpc) is 2.33. The number of aromatic carboxylic acids is 1. The Hall–Kier alpha value is -2.12. The van der Waals surface area contributed by atoms with Gasteiger partial charge in [-0.05, 0) is 0 Å². The predicted molar refractivity (Wildman–Crippen MR) is 38.9 cm³/mol. The summed E-state index contributed by atoms with van der Waals surface area (Å²) in [5, 5.41) is 22.0. The number of rotatable bonds is 1. The first kappa shape index (κ1) is 10.9. The van der Waals surface area contributed by atoms with Gasteiger partial charge in [-0.3, -0.25) is 0 Å². The summed E-state index contributed by atoms with van der Waals surface area (Å²) in [4.78, 5) is 22.2. The first-order valence-corrected chi connectivity index (χ1v) is 2.98. The van der Waals surface area contributed by atoms with Crippen molar-refractivity contribution >= 4 is 5.97 Å². The molecule has 0 atom stereocenters. The maximum Gasteiger partial charge on any atom is 0.354 e. The molecule has 8 heteroatoms. The van der Waals surface area contributed by atoms with E-state index in [0.29, 0.717) is 0 Å². The zero-order valence-electron chi connectivity index (χ0n) is 6.62. The molecule has 0 saturated heterocycles. The molecule has 1 rings (SSSR count). The second-order valence-corrected chi connectivity index (χ2v) is 1.93. The van der Waals surface area contributed by atoms with E-state index in [4.69, 9.17) is 20.4 Å². The van der Waals surface area contributed by atoms with Gasteiger partial charge in [-0.25, -0.2) is 9.78 Å². The Morgan fingerprint density at radius 3 is 2.38 bits per heavy atom. The minimum absolute atomic E-state index is 0.204. The zero-order valence-corrected chi connectivity index (χ0v) is 6.62. The van der Waals surface area contributed by atoms with E-state index in [9.17, 15) is 4.79 Å². The first-order valence-electron chi connectivity index (χ1n) is 2.98. The average molecular weight is 189 g/mol. The summed E-state index contributed by atoms with van der Waals surface area (Å²) in [7, 11) is 1.64. The van der Waals surface area contributed by atoms with E-state index < -0.39 is 11.1 Å². The Morgan fingerprint density at radius 1 is 1.77 bits per heavy atom. The van der Waals surface area contributed by atoms with Crippen molar-refractivity contribution in [3.05, 3.63) is 28.3 Å². The summed E-state index contributed by atoms with van der Waals surface area (Å²) in [6.45, 7) is 0. The van der Waals surface area contributed by atoms with Crippen molar-refractivity contribution in [2.45, 2.75) is 0 Å². The second kappa shape index (κ2) is 4.70. The first-order chi connectivity index (χ1) is 5.95. The lowest BCUT2D eigenvalue weighted by atomic mass is 10.5. The van der Waals surface area contributed by atoms with Gasteiger partial charge >= 0.3 is 5.97 Å². The van der Waals surface area contributed by atoms with Crippen molar-refractivity contribution in [3.8, 4) is 0 Å². The molecule has 13 heavy (non-hydrogen) atoms. The van der Waals surface area contributed by atoms with Crippen LogP contribution in [0.5, 0.6) is 0 Å². The highest BCUT2D eigenvalue weighted by atomic mass is 16.9. The SMILES string of the molecule is Cn1cncc1C(=O)O.O=[N+]([O-])O. The minimum atomic E-state index is -1.50. The van der Waals surface area contributed by atoms with Crippen LogP contribution in [0, 0.1) is 10.1 Å². The molecule has 0 amide bonds. The molecule has 0 radical (unpaired) electrons. The second-order valence-electron chi connectivity index (χ2n) is 1.93. The van der Waals surface area contributed by atoms with Gasteiger partial charge < -0.3 is 14.9 Å². The number of carbonyl (C=O) groups is 1. The van der Waals surface area contributed by atoms with E-state index >= 15 is 0 Å². The molecule has 0 bridgehead atoms. The Morgan fingerprint density at radius 2 is 2.23 bits per heavy atom. The third-order valence-electron chi connectivity index (χ3n) is 1.04. The molecule has 72 valence electrons. The van der Waals surface area contributed by atoms with Gasteiger partial charge in [0, 0.05) is 7.05 Å². The molecule has 0 aliphatic carbocycles. The van der Waals surface area contributed by atoms with Crippen LogP contribution in [0.15, 0.2) is 12.5 Å². The molecule has 1 aromatic rings. The lowest BCUT2D eigenvalue weighted by Gasteiger charge is -1.91. The third kappa shape index (κ3) is 4.35. The van der Waals surface area contributed by atoms with Crippen LogP contribution in [0.4, 0.5) is 0 Å². The van der Waals surface area contributed by atoms with Gasteiger partial charge in [0.25, 0.3) is 5.09 Å². The van der Waals surface area contributed by atoms with Gasteiger partial charge in [0.1, 0.15) is 5.69 Å². The van der Waals surface area contributed by atoms with Crippen molar-refractivity contribution in [1.82, 2.24) is 9.55 Å². The molecular weight excluding hydrogens is 182 g/mol. The predicted octanol–water partition coefficient (Wildman–Crippen LogP) is -0.229. The van der Waals surface area contributed by atoms with Crippen molar-refractivity contribution in [3.63, 3.8) is 0 Å². The maximum absolute atomic E-state index is 10.2. The van der Waals surface area contributed by atoms with Gasteiger partial charge in [-0.1, -0.05) is 0 Å². The summed E-state index contributed by atoms with van der Waals surface area (Å²) < 4.78 is 1.45. The number of aromatic nitrogens is 2. The monoisotopic (exact) mass is 189 g/mol. The van der Waals surface area contributed by atoms with Crippen LogP contribution in [0.2, 0.25) is 0 Å². The van der Waals surface area contributed by atoms with E-state index in [0.717, 1.165) is 0 Å². The number of hydrogen-bond acceptors (Lipinski definition) is 4. The van der Waals surface area contributed by atoms with E-state index in [-0.39, 0.29) is 5.69 Å². The number of nitrogens with zero attached hydrogens (tertiary/aromatic N) is 3. The molecule has 2 N–H and O–H groups in total. The normalized spacial score (nSPS) is 8.38. The molecule has 0 saturated carbocycles. The van der Waals surface area contributed by atoms with Gasteiger partial charge in [0.2, 0.25) is 0 Å². The fourth-order valence-electron chi connectivity index (χ4n) is 0.563. The quantitative estimate of drug-likeness (QED) is 0.465. The number of imidazole rings is 1. The van der Waals surface area contributed by atoms with Crippen LogP contribution in [-0.2, 0) is 7.05 Å². The summed E-state index contributed by atoms with van der Waals surface area (Å²) >= 11 is 0.